The summed E-state index contributed by atoms with van der Waals surface area (Å²) in [5.74, 6) is -0.970. The summed E-state index contributed by atoms with van der Waals surface area (Å²) in [5.41, 5.74) is 0.308. The van der Waals surface area contributed by atoms with Gasteiger partial charge in [0.15, 0.2) is 0 Å². The molecule has 0 atom stereocenters. The van der Waals surface area contributed by atoms with Gasteiger partial charge in [-0.1, -0.05) is 22.6 Å². The van der Waals surface area contributed by atoms with Gasteiger partial charge in [0.25, 0.3) is 0 Å². The van der Waals surface area contributed by atoms with Gasteiger partial charge in [-0.05, 0) is 32.7 Å². The summed E-state index contributed by atoms with van der Waals surface area (Å²) in [4.78, 5) is 22.1. The lowest BCUT2D eigenvalue weighted by molar-refractivity contribution is -0.135. The van der Waals surface area contributed by atoms with Gasteiger partial charge < -0.3 is 9.47 Å². The molecule has 0 aliphatic heterocycles. The van der Waals surface area contributed by atoms with E-state index in [9.17, 15) is 9.59 Å². The van der Waals surface area contributed by atoms with E-state index < -0.39 is 11.9 Å². The fourth-order valence-electron chi connectivity index (χ4n) is 0.546. The molecule has 0 aromatic heterocycles. The fraction of sp³-hybridized carbons (Fsp3) is 0.250. The second kappa shape index (κ2) is 7.21. The number of hydrogen-bond acceptors (Lipinski definition) is 4. The van der Waals surface area contributed by atoms with E-state index >= 15 is 0 Å². The Hall–Kier alpha value is -0.120. The standard InChI is InChI=1S/C8H8I2O4/c1-13-7(11)5(4-9)3-6(10)8(12)14-2/h3-4H,1-2H3/b5-4-,6-3+. The van der Waals surface area contributed by atoms with Gasteiger partial charge in [-0.3, -0.25) is 0 Å². The smallest absolute Gasteiger partial charge is 0.344 e. The Morgan fingerprint density at radius 2 is 1.64 bits per heavy atom. The van der Waals surface area contributed by atoms with Crippen molar-refractivity contribution in [2.75, 3.05) is 14.2 Å². The van der Waals surface area contributed by atoms with Crippen LogP contribution in [0.3, 0.4) is 0 Å². The number of ether oxygens (including phenoxy) is 2. The van der Waals surface area contributed by atoms with E-state index in [4.69, 9.17) is 0 Å². The van der Waals surface area contributed by atoms with Crippen LogP contribution in [0.1, 0.15) is 0 Å². The molecule has 4 nitrogen and oxygen atoms in total. The van der Waals surface area contributed by atoms with Crippen molar-refractivity contribution in [3.05, 3.63) is 19.3 Å². The number of esters is 2. The topological polar surface area (TPSA) is 52.6 Å². The largest absolute Gasteiger partial charge is 0.465 e. The van der Waals surface area contributed by atoms with Crippen LogP contribution >= 0.6 is 45.2 Å². The van der Waals surface area contributed by atoms with Crippen LogP contribution in [0, 0.1) is 0 Å². The van der Waals surface area contributed by atoms with Gasteiger partial charge in [0, 0.05) is 0 Å². The third-order valence-electron chi connectivity index (χ3n) is 1.20. The van der Waals surface area contributed by atoms with E-state index in [1.165, 1.54) is 24.4 Å². The third kappa shape index (κ3) is 4.40. The zero-order valence-corrected chi connectivity index (χ0v) is 11.9. The predicted octanol–water partition coefficient (Wildman–Crippen LogP) is 1.97. The Labute approximate surface area is 109 Å². The summed E-state index contributed by atoms with van der Waals surface area (Å²) >= 11 is 3.68. The molecular formula is C8H8I2O4. The second-order valence-electron chi connectivity index (χ2n) is 2.04. The molecule has 14 heavy (non-hydrogen) atoms. The molecule has 6 heteroatoms. The van der Waals surface area contributed by atoms with Gasteiger partial charge in [0.1, 0.15) is 0 Å². The molecule has 0 aromatic rings. The molecule has 0 aliphatic rings. The number of methoxy groups -OCH3 is 2. The minimum atomic E-state index is -0.488. The maximum atomic E-state index is 11.1. The molecule has 0 N–H and O–H groups in total. The predicted molar refractivity (Wildman–Crippen MR) is 68.2 cm³/mol. The fourth-order valence-corrected chi connectivity index (χ4v) is 1.54. The van der Waals surface area contributed by atoms with Crippen molar-refractivity contribution < 1.29 is 19.1 Å². The number of carbonyl (C=O) groups excluding carboxylic acids is 2. The van der Waals surface area contributed by atoms with E-state index in [2.05, 4.69) is 9.47 Å². The van der Waals surface area contributed by atoms with Gasteiger partial charge in [0.05, 0.1) is 23.4 Å². The monoisotopic (exact) mass is 422 g/mol. The molecule has 0 rings (SSSR count). The van der Waals surface area contributed by atoms with Gasteiger partial charge in [0.2, 0.25) is 0 Å². The van der Waals surface area contributed by atoms with E-state index in [1.807, 2.05) is 22.6 Å². The molecule has 0 aromatic carbocycles. The first kappa shape index (κ1) is 13.9. The SMILES string of the molecule is COC(=O)C(=C\I)/C=C(/I)C(=O)OC. The maximum Gasteiger partial charge on any atom is 0.344 e. The number of hydrogen-bond donors (Lipinski definition) is 0. The van der Waals surface area contributed by atoms with E-state index in [0.29, 0.717) is 9.15 Å². The average molecular weight is 422 g/mol. The average Bonchev–Trinajstić information content (AvgIpc) is 2.22. The highest BCUT2D eigenvalue weighted by Crippen LogP contribution is 2.14. The van der Waals surface area contributed by atoms with Crippen LogP contribution in [0.4, 0.5) is 0 Å². The first-order valence-corrected chi connectivity index (χ1v) is 5.73. The Bertz CT molecular complexity index is 294. The van der Waals surface area contributed by atoms with Crippen LogP contribution in [-0.4, -0.2) is 26.2 Å². The van der Waals surface area contributed by atoms with Gasteiger partial charge in [-0.2, -0.15) is 0 Å². The Morgan fingerprint density at radius 1 is 1.14 bits per heavy atom. The lowest BCUT2D eigenvalue weighted by Crippen LogP contribution is -2.05. The lowest BCUT2D eigenvalue weighted by atomic mass is 10.3. The van der Waals surface area contributed by atoms with Crippen molar-refractivity contribution in [2.45, 2.75) is 0 Å². The summed E-state index contributed by atoms with van der Waals surface area (Å²) in [6.45, 7) is 0. The molecule has 78 valence electrons. The Kier molecular flexibility index (Phi) is 7.15. The summed E-state index contributed by atoms with van der Waals surface area (Å²) in [5, 5.41) is 0. The van der Waals surface area contributed by atoms with Crippen molar-refractivity contribution in [2.24, 2.45) is 0 Å². The molecule has 0 amide bonds. The minimum absolute atomic E-state index is 0.308. The molecule has 0 heterocycles. The summed E-state index contributed by atoms with van der Waals surface area (Å²) in [7, 11) is 2.56. The normalized spacial score (nSPS) is 12.3. The zero-order valence-electron chi connectivity index (χ0n) is 7.54. The molecule has 0 radical (unpaired) electrons. The number of halogens is 2. The maximum absolute atomic E-state index is 11.1. The molecule has 0 saturated carbocycles. The van der Waals surface area contributed by atoms with Crippen molar-refractivity contribution >= 4 is 57.1 Å². The van der Waals surface area contributed by atoms with Gasteiger partial charge in [-0.25, -0.2) is 9.59 Å². The van der Waals surface area contributed by atoms with Crippen molar-refractivity contribution in [1.29, 1.82) is 0 Å². The number of carbonyl (C=O) groups is 2. The second-order valence-corrected chi connectivity index (χ2v) is 3.82. The van der Waals surface area contributed by atoms with E-state index in [-0.39, 0.29) is 0 Å². The van der Waals surface area contributed by atoms with Crippen molar-refractivity contribution in [1.82, 2.24) is 0 Å². The van der Waals surface area contributed by atoms with Gasteiger partial charge in [-0.15, -0.1) is 0 Å². The van der Waals surface area contributed by atoms with Crippen molar-refractivity contribution in [3.8, 4) is 0 Å². The summed E-state index contributed by atoms with van der Waals surface area (Å²) < 4.78 is 10.8. The zero-order chi connectivity index (χ0) is 11.1. The van der Waals surface area contributed by atoms with Crippen LogP contribution in [-0.2, 0) is 19.1 Å². The van der Waals surface area contributed by atoms with Crippen LogP contribution in [0.5, 0.6) is 0 Å². The molecule has 0 fully saturated rings. The van der Waals surface area contributed by atoms with Crippen molar-refractivity contribution in [3.63, 3.8) is 0 Å². The first-order valence-electron chi connectivity index (χ1n) is 3.41. The minimum Gasteiger partial charge on any atom is -0.465 e. The Morgan fingerprint density at radius 3 is 2.00 bits per heavy atom. The highest BCUT2D eigenvalue weighted by molar-refractivity contribution is 14.1. The first-order chi connectivity index (χ1) is 6.56. The highest BCUT2D eigenvalue weighted by atomic mass is 127. The quantitative estimate of drug-likeness (QED) is 0.302. The van der Waals surface area contributed by atoms with Crippen LogP contribution in [0.25, 0.3) is 0 Å². The number of rotatable bonds is 3. The molecule has 0 aliphatic carbocycles. The third-order valence-corrected chi connectivity index (χ3v) is 2.62. The van der Waals surface area contributed by atoms with E-state index in [1.54, 1.807) is 22.6 Å². The molecule has 0 spiro atoms. The molecular weight excluding hydrogens is 414 g/mol. The molecule has 0 bridgehead atoms. The molecule has 0 unspecified atom stereocenters. The van der Waals surface area contributed by atoms with Crippen LogP contribution < -0.4 is 0 Å². The van der Waals surface area contributed by atoms with Crippen LogP contribution in [0.15, 0.2) is 19.3 Å². The summed E-state index contributed by atoms with van der Waals surface area (Å²) in [6.07, 6.45) is 1.41. The Balaban J connectivity index is 4.77. The summed E-state index contributed by atoms with van der Waals surface area (Å²) in [6, 6.07) is 0. The van der Waals surface area contributed by atoms with Gasteiger partial charge >= 0.3 is 11.9 Å². The van der Waals surface area contributed by atoms with Crippen LogP contribution in [0.2, 0.25) is 0 Å². The van der Waals surface area contributed by atoms with E-state index in [0.717, 1.165) is 0 Å². The highest BCUT2D eigenvalue weighted by Gasteiger charge is 2.11. The lowest BCUT2D eigenvalue weighted by Gasteiger charge is -2.00. The molecule has 0 saturated heterocycles.